The number of nitrogens with one attached hydrogen (secondary N) is 1. The Balaban J connectivity index is 1.57. The third kappa shape index (κ3) is 5.76. The number of amides is 1. The second kappa shape index (κ2) is 11.9. The number of aldehydes is 1. The van der Waals surface area contributed by atoms with E-state index in [9.17, 15) is 9.59 Å². The number of halogens is 1. The van der Waals surface area contributed by atoms with Crippen LogP contribution in [0, 0.1) is 20.8 Å². The van der Waals surface area contributed by atoms with Crippen LogP contribution in [-0.2, 0) is 9.59 Å². The number of unbranched alkanes of at least 4 members (excludes halogenated alkanes) is 5. The fourth-order valence-electron chi connectivity index (χ4n) is 4.49. The van der Waals surface area contributed by atoms with E-state index in [1.807, 2.05) is 31.2 Å². The first-order valence-electron chi connectivity index (χ1n) is 12.5. The molecule has 4 rings (SSSR count). The fourth-order valence-corrected chi connectivity index (χ4v) is 5.83. The summed E-state index contributed by atoms with van der Waals surface area (Å²) in [5.41, 5.74) is 4.03. The van der Waals surface area contributed by atoms with Gasteiger partial charge in [-0.25, -0.2) is 0 Å². The van der Waals surface area contributed by atoms with Gasteiger partial charge in [0.05, 0.1) is 12.1 Å². The van der Waals surface area contributed by atoms with Gasteiger partial charge in [0.2, 0.25) is 5.91 Å². The van der Waals surface area contributed by atoms with Gasteiger partial charge in [0.25, 0.3) is 0 Å². The molecule has 1 aliphatic heterocycles. The van der Waals surface area contributed by atoms with Crippen LogP contribution in [0.5, 0.6) is 0 Å². The van der Waals surface area contributed by atoms with Crippen LogP contribution in [0.1, 0.15) is 84.2 Å². The lowest BCUT2D eigenvalue weighted by atomic mass is 9.99. The molecule has 0 spiro atoms. The summed E-state index contributed by atoms with van der Waals surface area (Å²) in [4.78, 5) is 29.7. The van der Waals surface area contributed by atoms with Crippen LogP contribution < -0.4 is 5.32 Å². The van der Waals surface area contributed by atoms with E-state index in [1.165, 1.54) is 10.4 Å². The minimum Gasteiger partial charge on any atom is -0.356 e. The summed E-state index contributed by atoms with van der Waals surface area (Å²) in [5, 5.41) is 13.6. The van der Waals surface area contributed by atoms with Crippen LogP contribution >= 0.6 is 22.9 Å². The highest BCUT2D eigenvalue weighted by atomic mass is 35.5. The van der Waals surface area contributed by atoms with Gasteiger partial charge in [0.15, 0.2) is 5.82 Å². The molecule has 1 aromatic carbocycles. The van der Waals surface area contributed by atoms with Crippen molar-refractivity contribution < 1.29 is 9.59 Å². The predicted molar refractivity (Wildman–Crippen MR) is 145 cm³/mol. The van der Waals surface area contributed by atoms with Gasteiger partial charge >= 0.3 is 0 Å². The van der Waals surface area contributed by atoms with Crippen molar-refractivity contribution in [3.63, 3.8) is 0 Å². The van der Waals surface area contributed by atoms with Crippen LogP contribution in [0.15, 0.2) is 29.3 Å². The van der Waals surface area contributed by atoms with Gasteiger partial charge in [0.1, 0.15) is 23.2 Å². The van der Waals surface area contributed by atoms with Gasteiger partial charge in [-0.2, -0.15) is 0 Å². The molecular formula is C27H32ClN5O2S. The molecule has 1 aliphatic rings. The van der Waals surface area contributed by atoms with Crippen LogP contribution in [0.25, 0.3) is 5.00 Å². The predicted octanol–water partition coefficient (Wildman–Crippen LogP) is 5.85. The molecule has 9 heteroatoms. The second-order valence-electron chi connectivity index (χ2n) is 9.18. The molecule has 190 valence electrons. The number of carbonyl (C=O) groups excluding carboxylic acids is 2. The number of hydrogen-bond donors (Lipinski definition) is 1. The number of aliphatic imine (C=N–C) groups is 1. The van der Waals surface area contributed by atoms with Crippen molar-refractivity contribution in [1.29, 1.82) is 0 Å². The highest BCUT2D eigenvalue weighted by Crippen LogP contribution is 2.39. The molecule has 1 N–H and O–H groups in total. The van der Waals surface area contributed by atoms with Crippen molar-refractivity contribution in [2.45, 2.75) is 71.8 Å². The number of aromatic nitrogens is 3. The average molecular weight is 526 g/mol. The standard InChI is InChI=1S/C27H32ClN5O2S/c1-17-18(2)36-27-24(17)25(20-10-12-21(28)13-11-20)30-22(26-32-31-19(3)33(26)27)16-23(35)29-14-8-6-4-5-7-9-15-34/h10-13,15,22H,4-9,14,16H2,1-3H3,(H,29,35)/t22-/m0/s1. The number of benzene rings is 1. The smallest absolute Gasteiger partial charge is 0.222 e. The SMILES string of the molecule is Cc1sc2c(c1C)C(c1ccc(Cl)cc1)=N[C@@H](CC(=O)NCCCCCCCC=O)c1nnc(C)n1-2. The summed E-state index contributed by atoms with van der Waals surface area (Å²) in [7, 11) is 0. The Morgan fingerprint density at radius 3 is 2.56 bits per heavy atom. The highest BCUT2D eigenvalue weighted by Gasteiger charge is 2.32. The Morgan fingerprint density at radius 2 is 1.81 bits per heavy atom. The molecule has 0 saturated carbocycles. The first kappa shape index (κ1) is 26.2. The van der Waals surface area contributed by atoms with Gasteiger partial charge in [-0.05, 0) is 51.3 Å². The number of fused-ring (bicyclic) bond motifs is 3. The first-order chi connectivity index (χ1) is 17.4. The summed E-state index contributed by atoms with van der Waals surface area (Å²) < 4.78 is 2.06. The number of carbonyl (C=O) groups is 2. The maximum absolute atomic E-state index is 12.9. The van der Waals surface area contributed by atoms with Crippen LogP contribution in [-0.4, -0.2) is 39.2 Å². The minimum atomic E-state index is -0.459. The molecule has 3 aromatic rings. The molecule has 0 fully saturated rings. The Kier molecular flexibility index (Phi) is 8.69. The Morgan fingerprint density at radius 1 is 1.08 bits per heavy atom. The summed E-state index contributed by atoms with van der Waals surface area (Å²) in [6.07, 6.45) is 6.82. The van der Waals surface area contributed by atoms with Crippen LogP contribution in [0.2, 0.25) is 5.02 Å². The Bertz CT molecular complexity index is 1260. The second-order valence-corrected chi connectivity index (χ2v) is 10.8. The summed E-state index contributed by atoms with van der Waals surface area (Å²) >= 11 is 7.86. The molecule has 1 atom stereocenters. The third-order valence-corrected chi connectivity index (χ3v) is 8.00. The molecule has 0 radical (unpaired) electrons. The maximum atomic E-state index is 12.9. The zero-order valence-corrected chi connectivity index (χ0v) is 22.6. The van der Waals surface area contributed by atoms with Crippen molar-refractivity contribution in [3.8, 4) is 5.00 Å². The van der Waals surface area contributed by atoms with Crippen molar-refractivity contribution in [1.82, 2.24) is 20.1 Å². The number of hydrogen-bond acceptors (Lipinski definition) is 6. The van der Waals surface area contributed by atoms with Gasteiger partial charge < -0.3 is 10.1 Å². The molecular weight excluding hydrogens is 494 g/mol. The van der Waals surface area contributed by atoms with E-state index in [1.54, 1.807) is 11.3 Å². The molecule has 0 saturated heterocycles. The molecule has 3 heterocycles. The minimum absolute atomic E-state index is 0.0504. The molecule has 7 nitrogen and oxygen atoms in total. The lowest BCUT2D eigenvalue weighted by Gasteiger charge is -2.13. The van der Waals surface area contributed by atoms with Gasteiger partial charge in [0, 0.05) is 34.0 Å². The lowest BCUT2D eigenvalue weighted by molar-refractivity contribution is -0.121. The summed E-state index contributed by atoms with van der Waals surface area (Å²) in [6, 6.07) is 7.22. The number of rotatable bonds is 11. The van der Waals surface area contributed by atoms with Gasteiger partial charge in [-0.15, -0.1) is 21.5 Å². The van der Waals surface area contributed by atoms with E-state index in [2.05, 4.69) is 33.9 Å². The van der Waals surface area contributed by atoms with E-state index in [0.717, 1.165) is 66.1 Å². The highest BCUT2D eigenvalue weighted by molar-refractivity contribution is 7.15. The van der Waals surface area contributed by atoms with Crippen LogP contribution in [0.3, 0.4) is 0 Å². The largest absolute Gasteiger partial charge is 0.356 e. The van der Waals surface area contributed by atoms with Crippen molar-refractivity contribution in [3.05, 3.63) is 62.5 Å². The van der Waals surface area contributed by atoms with E-state index in [-0.39, 0.29) is 12.3 Å². The first-order valence-corrected chi connectivity index (χ1v) is 13.7. The molecule has 1 amide bonds. The van der Waals surface area contributed by atoms with Crippen molar-refractivity contribution >= 4 is 40.8 Å². The van der Waals surface area contributed by atoms with Gasteiger partial charge in [-0.3, -0.25) is 14.4 Å². The number of aryl methyl sites for hydroxylation is 2. The van der Waals surface area contributed by atoms with E-state index < -0.39 is 6.04 Å². The Hall–Kier alpha value is -2.84. The zero-order valence-electron chi connectivity index (χ0n) is 21.0. The van der Waals surface area contributed by atoms with E-state index >= 15 is 0 Å². The zero-order chi connectivity index (χ0) is 25.7. The lowest BCUT2D eigenvalue weighted by Crippen LogP contribution is -2.26. The Labute approximate surface area is 221 Å². The topological polar surface area (TPSA) is 89.2 Å². The van der Waals surface area contributed by atoms with E-state index in [4.69, 9.17) is 16.6 Å². The third-order valence-electron chi connectivity index (χ3n) is 6.56. The van der Waals surface area contributed by atoms with Gasteiger partial charge in [-0.1, -0.05) is 43.0 Å². The summed E-state index contributed by atoms with van der Waals surface area (Å²) in [6.45, 7) is 6.79. The van der Waals surface area contributed by atoms with Crippen molar-refractivity contribution in [2.24, 2.45) is 4.99 Å². The van der Waals surface area contributed by atoms with Crippen LogP contribution in [0.4, 0.5) is 0 Å². The molecule has 2 aromatic heterocycles. The fraction of sp³-hybridized carbons (Fsp3) is 0.444. The molecule has 0 bridgehead atoms. The molecule has 0 unspecified atom stereocenters. The van der Waals surface area contributed by atoms with Crippen molar-refractivity contribution in [2.75, 3.05) is 6.54 Å². The number of nitrogens with zero attached hydrogens (tertiary/aromatic N) is 4. The average Bonchev–Trinajstić information content (AvgIpc) is 3.33. The van der Waals surface area contributed by atoms with E-state index in [0.29, 0.717) is 23.8 Å². The summed E-state index contributed by atoms with van der Waals surface area (Å²) in [5.74, 6) is 1.41. The molecule has 0 aliphatic carbocycles. The molecule has 36 heavy (non-hydrogen) atoms. The number of thiophene rings is 1. The monoisotopic (exact) mass is 525 g/mol. The normalized spacial score (nSPS) is 14.6. The maximum Gasteiger partial charge on any atom is 0.222 e. The quantitative estimate of drug-likeness (QED) is 0.251.